The lowest BCUT2D eigenvalue weighted by Crippen LogP contribution is -2.45. The van der Waals surface area contributed by atoms with Crippen LogP contribution in [-0.2, 0) is 16.2 Å². The van der Waals surface area contributed by atoms with Crippen LogP contribution >= 0.6 is 0 Å². The fourth-order valence-corrected chi connectivity index (χ4v) is 3.51. The quantitative estimate of drug-likeness (QED) is 0.895. The number of piperidine rings is 1. The summed E-state index contributed by atoms with van der Waals surface area (Å²) in [5.74, 6) is -0.0119. The van der Waals surface area contributed by atoms with E-state index >= 15 is 0 Å². The average molecular weight is 324 g/mol. The Labute approximate surface area is 120 Å². The predicted molar refractivity (Wildman–Crippen MR) is 67.8 cm³/mol. The van der Waals surface area contributed by atoms with E-state index in [1.807, 2.05) is 6.92 Å². The first kappa shape index (κ1) is 16.2. The zero-order valence-electron chi connectivity index (χ0n) is 11.2. The van der Waals surface area contributed by atoms with E-state index in [9.17, 15) is 26.7 Å². The molecule has 118 valence electrons. The van der Waals surface area contributed by atoms with E-state index in [1.54, 1.807) is 0 Å². The second-order valence-electron chi connectivity index (χ2n) is 5.07. The Bertz CT molecular complexity index is 601. The number of β-amino-alcohol motifs (C(OH)–C–C–N with tert-alkyl or cyclic N) is 1. The van der Waals surface area contributed by atoms with E-state index in [4.69, 9.17) is 0 Å². The Morgan fingerprint density at radius 1 is 1.38 bits per heavy atom. The number of aliphatic hydroxyl groups excluding tert-OH is 1. The number of nitrogens with zero attached hydrogens (tertiary/aromatic N) is 2. The molecule has 1 aliphatic heterocycles. The first-order valence-corrected chi connectivity index (χ1v) is 7.78. The third-order valence-corrected chi connectivity index (χ3v) is 5.39. The van der Waals surface area contributed by atoms with Crippen LogP contribution in [-0.4, -0.2) is 42.0 Å². The molecular weight excluding hydrogens is 309 g/mol. The Morgan fingerprint density at radius 2 is 2.05 bits per heavy atom. The van der Waals surface area contributed by atoms with Gasteiger partial charge >= 0.3 is 6.18 Å². The van der Waals surface area contributed by atoms with E-state index in [2.05, 4.69) is 4.98 Å². The second kappa shape index (κ2) is 5.54. The summed E-state index contributed by atoms with van der Waals surface area (Å²) in [4.78, 5) is 2.84. The summed E-state index contributed by atoms with van der Waals surface area (Å²) in [6, 6.07) is 1.52. The number of hydrogen-bond donors (Lipinski definition) is 1. The van der Waals surface area contributed by atoms with Gasteiger partial charge < -0.3 is 5.11 Å². The molecule has 9 heteroatoms. The fraction of sp³-hybridized carbons (Fsp3) is 0.583. The monoisotopic (exact) mass is 324 g/mol. The van der Waals surface area contributed by atoms with E-state index in [1.165, 1.54) is 0 Å². The maximum atomic E-state index is 12.4. The Kier molecular flexibility index (Phi) is 4.27. The maximum Gasteiger partial charge on any atom is 0.433 e. The summed E-state index contributed by atoms with van der Waals surface area (Å²) >= 11 is 0. The summed E-state index contributed by atoms with van der Waals surface area (Å²) in [7, 11) is -3.94. The number of hydrogen-bond acceptors (Lipinski definition) is 4. The lowest BCUT2D eigenvalue weighted by molar-refractivity contribution is -0.141. The van der Waals surface area contributed by atoms with Crippen LogP contribution in [0.4, 0.5) is 13.2 Å². The summed E-state index contributed by atoms with van der Waals surface area (Å²) in [5.41, 5.74) is -1.14. The lowest BCUT2D eigenvalue weighted by atomic mass is 9.98. The minimum atomic E-state index is -4.61. The first-order chi connectivity index (χ1) is 9.62. The van der Waals surface area contributed by atoms with Gasteiger partial charge in [-0.2, -0.15) is 17.5 Å². The van der Waals surface area contributed by atoms with Gasteiger partial charge in [0.15, 0.2) is 0 Å². The smallest absolute Gasteiger partial charge is 0.391 e. The van der Waals surface area contributed by atoms with Gasteiger partial charge in [0, 0.05) is 19.3 Å². The molecule has 1 aromatic heterocycles. The molecule has 0 bridgehead atoms. The van der Waals surface area contributed by atoms with Gasteiger partial charge in [0.1, 0.15) is 10.6 Å². The largest absolute Gasteiger partial charge is 0.433 e. The van der Waals surface area contributed by atoms with Crippen LogP contribution in [0.5, 0.6) is 0 Å². The second-order valence-corrected chi connectivity index (χ2v) is 7.01. The number of aromatic nitrogens is 1. The molecule has 0 amide bonds. The van der Waals surface area contributed by atoms with Crippen molar-refractivity contribution in [2.45, 2.75) is 30.5 Å². The molecule has 2 heterocycles. The van der Waals surface area contributed by atoms with Gasteiger partial charge in [-0.05, 0) is 24.5 Å². The van der Waals surface area contributed by atoms with Crippen molar-refractivity contribution >= 4 is 10.0 Å². The molecule has 0 saturated carbocycles. The minimum absolute atomic E-state index is 0.0119. The zero-order chi connectivity index (χ0) is 15.8. The van der Waals surface area contributed by atoms with Gasteiger partial charge in [-0.1, -0.05) is 6.92 Å². The van der Waals surface area contributed by atoms with E-state index in [0.717, 1.165) is 10.4 Å². The van der Waals surface area contributed by atoms with Crippen LogP contribution < -0.4 is 0 Å². The third kappa shape index (κ3) is 3.35. The van der Waals surface area contributed by atoms with Crippen molar-refractivity contribution in [3.05, 3.63) is 24.0 Å². The summed E-state index contributed by atoms with van der Waals surface area (Å²) < 4.78 is 62.9. The van der Waals surface area contributed by atoms with Crippen LogP contribution in [0, 0.1) is 5.92 Å². The standard InChI is InChI=1S/C12H15F3N2O3S/c1-8-4-5-17(7-10(8)18)21(19,20)9-2-3-11(16-6-9)12(13,14)15/h2-3,6,8,10,18H,4-5,7H2,1H3/t8-,10+/m0/s1. The van der Waals surface area contributed by atoms with Crippen LogP contribution in [0.15, 0.2) is 23.2 Å². The van der Waals surface area contributed by atoms with Gasteiger partial charge in [-0.15, -0.1) is 0 Å². The molecule has 0 aromatic carbocycles. The predicted octanol–water partition coefficient (Wildman–Crippen LogP) is 1.49. The number of alkyl halides is 3. The Balaban J connectivity index is 2.24. The van der Waals surface area contributed by atoms with Crippen molar-refractivity contribution in [2.75, 3.05) is 13.1 Å². The fourth-order valence-electron chi connectivity index (χ4n) is 2.09. The van der Waals surface area contributed by atoms with Crippen molar-refractivity contribution in [1.82, 2.24) is 9.29 Å². The van der Waals surface area contributed by atoms with Crippen LogP contribution in [0.3, 0.4) is 0 Å². The minimum Gasteiger partial charge on any atom is -0.391 e. The number of sulfonamides is 1. The molecule has 0 aliphatic carbocycles. The van der Waals surface area contributed by atoms with Gasteiger partial charge in [0.05, 0.1) is 6.10 Å². The van der Waals surface area contributed by atoms with Gasteiger partial charge in [-0.3, -0.25) is 4.98 Å². The molecule has 1 N–H and O–H groups in total. The zero-order valence-corrected chi connectivity index (χ0v) is 12.0. The summed E-state index contributed by atoms with van der Waals surface area (Å²) in [6.07, 6.45) is -4.20. The van der Waals surface area contributed by atoms with Crippen molar-refractivity contribution in [2.24, 2.45) is 5.92 Å². The molecule has 0 radical (unpaired) electrons. The molecule has 21 heavy (non-hydrogen) atoms. The molecular formula is C12H15F3N2O3S. The van der Waals surface area contributed by atoms with E-state index < -0.39 is 28.0 Å². The summed E-state index contributed by atoms with van der Waals surface area (Å²) in [5, 5.41) is 9.74. The Hall–Kier alpha value is -1.19. The number of pyridine rings is 1. The highest BCUT2D eigenvalue weighted by Gasteiger charge is 2.35. The third-order valence-electron chi connectivity index (χ3n) is 3.55. The maximum absolute atomic E-state index is 12.4. The molecule has 5 nitrogen and oxygen atoms in total. The highest BCUT2D eigenvalue weighted by Crippen LogP contribution is 2.29. The highest BCUT2D eigenvalue weighted by molar-refractivity contribution is 7.89. The summed E-state index contributed by atoms with van der Waals surface area (Å²) in [6.45, 7) is 1.97. The van der Waals surface area contributed by atoms with Gasteiger partial charge in [0.2, 0.25) is 10.0 Å². The SMILES string of the molecule is C[C@H]1CCN(S(=O)(=O)c2ccc(C(F)(F)F)nc2)C[C@H]1O. The van der Waals surface area contributed by atoms with Crippen LogP contribution in [0.2, 0.25) is 0 Å². The van der Waals surface area contributed by atoms with Gasteiger partial charge in [-0.25, -0.2) is 8.42 Å². The molecule has 1 aromatic rings. The Morgan fingerprint density at radius 3 is 2.52 bits per heavy atom. The number of rotatable bonds is 2. The van der Waals surface area contributed by atoms with E-state index in [-0.39, 0.29) is 23.9 Å². The molecule has 1 saturated heterocycles. The molecule has 2 atom stereocenters. The average Bonchev–Trinajstić information content (AvgIpc) is 2.41. The van der Waals surface area contributed by atoms with Gasteiger partial charge in [0.25, 0.3) is 0 Å². The lowest BCUT2D eigenvalue weighted by Gasteiger charge is -2.33. The highest BCUT2D eigenvalue weighted by atomic mass is 32.2. The molecule has 2 rings (SSSR count). The number of aliphatic hydroxyl groups is 1. The van der Waals surface area contributed by atoms with Crippen molar-refractivity contribution in [1.29, 1.82) is 0 Å². The van der Waals surface area contributed by atoms with Crippen LogP contribution in [0.25, 0.3) is 0 Å². The van der Waals surface area contributed by atoms with Crippen LogP contribution in [0.1, 0.15) is 19.0 Å². The molecule has 0 unspecified atom stereocenters. The molecule has 0 spiro atoms. The molecule has 1 fully saturated rings. The molecule has 1 aliphatic rings. The van der Waals surface area contributed by atoms with Crippen molar-refractivity contribution < 1.29 is 26.7 Å². The number of halogens is 3. The topological polar surface area (TPSA) is 70.5 Å². The normalized spacial score (nSPS) is 25.0. The van der Waals surface area contributed by atoms with Crippen molar-refractivity contribution in [3.63, 3.8) is 0 Å². The first-order valence-electron chi connectivity index (χ1n) is 6.34. The van der Waals surface area contributed by atoms with Crippen molar-refractivity contribution in [3.8, 4) is 0 Å². The van der Waals surface area contributed by atoms with E-state index in [0.29, 0.717) is 18.7 Å².